The van der Waals surface area contributed by atoms with Crippen LogP contribution in [0.3, 0.4) is 0 Å². The Morgan fingerprint density at radius 3 is 2.60 bits per heavy atom. The Balaban J connectivity index is 2.27. The molecule has 104 valence electrons. The highest BCUT2D eigenvalue weighted by Crippen LogP contribution is 2.18. The summed E-state index contributed by atoms with van der Waals surface area (Å²) in [6.07, 6.45) is 0. The summed E-state index contributed by atoms with van der Waals surface area (Å²) < 4.78 is 25.8. The Bertz CT molecular complexity index is 689. The lowest BCUT2D eigenvalue weighted by atomic mass is 10.1. The maximum atomic E-state index is 13.7. The normalized spacial score (nSPS) is 12.1. The van der Waals surface area contributed by atoms with Crippen molar-refractivity contribution in [3.63, 3.8) is 0 Å². The van der Waals surface area contributed by atoms with E-state index in [0.717, 1.165) is 6.07 Å². The average Bonchev–Trinajstić information content (AvgIpc) is 2.41. The molecule has 0 spiro atoms. The summed E-state index contributed by atoms with van der Waals surface area (Å²) in [5.41, 5.74) is 11.6. The first kappa shape index (κ1) is 14.2. The maximum absolute atomic E-state index is 13.7. The van der Waals surface area contributed by atoms with Gasteiger partial charge in [-0.25, -0.2) is 4.39 Å². The predicted molar refractivity (Wildman–Crippen MR) is 75.9 cm³/mol. The van der Waals surface area contributed by atoms with Crippen molar-refractivity contribution in [3.05, 3.63) is 59.4 Å². The van der Waals surface area contributed by atoms with E-state index in [9.17, 15) is 13.4 Å². The summed E-state index contributed by atoms with van der Waals surface area (Å²) in [5.74, 6) is -1.22. The van der Waals surface area contributed by atoms with Crippen molar-refractivity contribution in [2.45, 2.75) is 10.6 Å². The van der Waals surface area contributed by atoms with Gasteiger partial charge in [0.05, 0.1) is 16.6 Å². The summed E-state index contributed by atoms with van der Waals surface area (Å²) in [7, 11) is -1.45. The summed E-state index contributed by atoms with van der Waals surface area (Å²) in [4.78, 5) is 11.6. The number of benzene rings is 2. The minimum atomic E-state index is -1.45. The van der Waals surface area contributed by atoms with Gasteiger partial charge in [0.15, 0.2) is 0 Å². The second-order valence-corrected chi connectivity index (χ2v) is 5.68. The number of halogens is 1. The van der Waals surface area contributed by atoms with E-state index in [0.29, 0.717) is 10.6 Å². The molecule has 4 N–H and O–H groups in total. The zero-order chi connectivity index (χ0) is 14.7. The zero-order valence-corrected chi connectivity index (χ0v) is 11.3. The highest BCUT2D eigenvalue weighted by molar-refractivity contribution is 7.84. The first-order valence-electron chi connectivity index (χ1n) is 5.79. The lowest BCUT2D eigenvalue weighted by Crippen LogP contribution is -2.12. The highest BCUT2D eigenvalue weighted by atomic mass is 32.2. The Hall–Kier alpha value is -2.21. The molecule has 1 unspecified atom stereocenters. The molecule has 1 amide bonds. The molecule has 0 aliphatic heterocycles. The third kappa shape index (κ3) is 3.21. The van der Waals surface area contributed by atoms with Crippen molar-refractivity contribution in [1.29, 1.82) is 0 Å². The second kappa shape index (κ2) is 5.83. The van der Waals surface area contributed by atoms with Crippen molar-refractivity contribution in [1.82, 2.24) is 0 Å². The summed E-state index contributed by atoms with van der Waals surface area (Å²) in [6.45, 7) is 0. The van der Waals surface area contributed by atoms with E-state index >= 15 is 0 Å². The largest absolute Gasteiger partial charge is 0.399 e. The Morgan fingerprint density at radius 2 is 1.95 bits per heavy atom. The minimum absolute atomic E-state index is 0.0452. The van der Waals surface area contributed by atoms with Crippen molar-refractivity contribution >= 4 is 22.4 Å². The molecule has 0 saturated heterocycles. The molecule has 1 atom stereocenters. The van der Waals surface area contributed by atoms with Gasteiger partial charge in [0.2, 0.25) is 5.91 Å². The van der Waals surface area contributed by atoms with Gasteiger partial charge >= 0.3 is 0 Å². The van der Waals surface area contributed by atoms with E-state index in [-0.39, 0.29) is 16.9 Å². The first-order chi connectivity index (χ1) is 9.47. The van der Waals surface area contributed by atoms with Crippen LogP contribution in [0.2, 0.25) is 0 Å². The van der Waals surface area contributed by atoms with E-state index in [1.807, 2.05) is 0 Å². The third-order valence-corrected chi connectivity index (χ3v) is 4.09. The monoisotopic (exact) mass is 292 g/mol. The van der Waals surface area contributed by atoms with Gasteiger partial charge in [0, 0.05) is 21.7 Å². The average molecular weight is 292 g/mol. The van der Waals surface area contributed by atoms with Gasteiger partial charge in [-0.3, -0.25) is 9.00 Å². The molecule has 0 bridgehead atoms. The number of primary amides is 1. The van der Waals surface area contributed by atoms with Gasteiger partial charge in [-0.2, -0.15) is 0 Å². The fourth-order valence-corrected chi connectivity index (χ4v) is 2.89. The van der Waals surface area contributed by atoms with E-state index in [1.165, 1.54) is 12.1 Å². The number of carbonyl (C=O) groups excluding carboxylic acids is 1. The molecule has 0 aliphatic rings. The van der Waals surface area contributed by atoms with Gasteiger partial charge in [0.25, 0.3) is 0 Å². The van der Waals surface area contributed by atoms with E-state index in [1.54, 1.807) is 24.3 Å². The fraction of sp³-hybridized carbons (Fsp3) is 0.0714. The second-order valence-electron chi connectivity index (χ2n) is 4.23. The summed E-state index contributed by atoms with van der Waals surface area (Å²) in [5, 5.41) is 0. The van der Waals surface area contributed by atoms with Crippen LogP contribution in [-0.4, -0.2) is 10.1 Å². The van der Waals surface area contributed by atoms with Gasteiger partial charge in [-0.15, -0.1) is 0 Å². The molecule has 0 aliphatic carbocycles. The molecule has 2 rings (SSSR count). The molecular formula is C14H13FN2O2S. The van der Waals surface area contributed by atoms with Crippen LogP contribution in [0, 0.1) is 5.82 Å². The smallest absolute Gasteiger partial charge is 0.248 e. The van der Waals surface area contributed by atoms with Crippen molar-refractivity contribution in [3.8, 4) is 0 Å². The number of nitrogen functional groups attached to an aromatic ring is 1. The zero-order valence-electron chi connectivity index (χ0n) is 10.5. The number of hydrogen-bond acceptors (Lipinski definition) is 3. The maximum Gasteiger partial charge on any atom is 0.248 e. The Labute approximate surface area is 118 Å². The molecule has 0 heterocycles. The number of rotatable bonds is 4. The van der Waals surface area contributed by atoms with Gasteiger partial charge in [0.1, 0.15) is 5.82 Å². The van der Waals surface area contributed by atoms with E-state index < -0.39 is 22.5 Å². The lowest BCUT2D eigenvalue weighted by molar-refractivity contribution is 0.1000. The Kier molecular flexibility index (Phi) is 4.14. The van der Waals surface area contributed by atoms with Crippen LogP contribution < -0.4 is 11.5 Å². The molecule has 0 fully saturated rings. The standard InChI is InChI=1S/C14H13FN2O2S/c15-13-5-4-9(14(17)18)6-10(13)8-20(19)12-3-1-2-11(16)7-12/h1-7H,8,16H2,(H2,17,18). The van der Waals surface area contributed by atoms with Crippen LogP contribution in [0.15, 0.2) is 47.4 Å². The van der Waals surface area contributed by atoms with Crippen molar-refractivity contribution < 1.29 is 13.4 Å². The lowest BCUT2D eigenvalue weighted by Gasteiger charge is -2.06. The van der Waals surface area contributed by atoms with Crippen LogP contribution in [0.25, 0.3) is 0 Å². The molecule has 0 saturated carbocycles. The first-order valence-corrected chi connectivity index (χ1v) is 7.11. The SMILES string of the molecule is NC(=O)c1ccc(F)c(CS(=O)c2cccc(N)c2)c1. The number of hydrogen-bond donors (Lipinski definition) is 2. The third-order valence-electron chi connectivity index (χ3n) is 2.74. The van der Waals surface area contributed by atoms with E-state index in [2.05, 4.69) is 0 Å². The predicted octanol–water partition coefficient (Wildman–Crippen LogP) is 1.81. The van der Waals surface area contributed by atoms with Crippen LogP contribution >= 0.6 is 0 Å². The fourth-order valence-electron chi connectivity index (χ4n) is 1.72. The highest BCUT2D eigenvalue weighted by Gasteiger charge is 2.12. The molecule has 6 heteroatoms. The van der Waals surface area contributed by atoms with E-state index in [4.69, 9.17) is 11.5 Å². The topological polar surface area (TPSA) is 86.2 Å². The van der Waals surface area contributed by atoms with Crippen LogP contribution in [0.1, 0.15) is 15.9 Å². The number of amides is 1. The molecule has 2 aromatic carbocycles. The number of anilines is 1. The molecule has 4 nitrogen and oxygen atoms in total. The molecular weight excluding hydrogens is 279 g/mol. The molecule has 0 radical (unpaired) electrons. The minimum Gasteiger partial charge on any atom is -0.399 e. The number of nitrogens with two attached hydrogens (primary N) is 2. The quantitative estimate of drug-likeness (QED) is 0.843. The molecule has 2 aromatic rings. The van der Waals surface area contributed by atoms with Crippen LogP contribution in [0.4, 0.5) is 10.1 Å². The molecule has 0 aromatic heterocycles. The van der Waals surface area contributed by atoms with Crippen LogP contribution in [-0.2, 0) is 16.6 Å². The van der Waals surface area contributed by atoms with Crippen LogP contribution in [0.5, 0.6) is 0 Å². The number of carbonyl (C=O) groups is 1. The van der Waals surface area contributed by atoms with Crippen molar-refractivity contribution in [2.75, 3.05) is 5.73 Å². The Morgan fingerprint density at radius 1 is 1.20 bits per heavy atom. The van der Waals surface area contributed by atoms with Gasteiger partial charge < -0.3 is 11.5 Å². The summed E-state index contributed by atoms with van der Waals surface area (Å²) >= 11 is 0. The summed E-state index contributed by atoms with van der Waals surface area (Å²) in [6, 6.07) is 10.3. The van der Waals surface area contributed by atoms with Crippen molar-refractivity contribution in [2.24, 2.45) is 5.73 Å². The van der Waals surface area contributed by atoms with Gasteiger partial charge in [-0.1, -0.05) is 6.07 Å². The van der Waals surface area contributed by atoms with Gasteiger partial charge in [-0.05, 0) is 36.4 Å². The molecule has 20 heavy (non-hydrogen) atoms.